The minimum atomic E-state index is -0.455. The summed E-state index contributed by atoms with van der Waals surface area (Å²) in [5.74, 6) is 1.01. The number of thiophene rings is 1. The van der Waals surface area contributed by atoms with Crippen LogP contribution in [0.5, 0.6) is 5.75 Å². The highest BCUT2D eigenvalue weighted by atomic mass is 32.1. The topological polar surface area (TPSA) is 82.5 Å². The number of ether oxygens (including phenoxy) is 1. The molecule has 0 spiro atoms. The largest absolute Gasteiger partial charge is 0.440 e. The van der Waals surface area contributed by atoms with Crippen LogP contribution < -0.4 is 10.4 Å². The number of aryl methyl sites for hydroxylation is 3. The van der Waals surface area contributed by atoms with Crippen LogP contribution in [0.25, 0.3) is 21.7 Å². The first-order valence-electron chi connectivity index (χ1n) is 9.23. The molecule has 0 saturated heterocycles. The molecular formula is C22H19NO5S. The van der Waals surface area contributed by atoms with Gasteiger partial charge in [-0.15, -0.1) is 11.3 Å². The van der Waals surface area contributed by atoms with Crippen LogP contribution in [0.4, 0.5) is 0 Å². The van der Waals surface area contributed by atoms with E-state index < -0.39 is 11.6 Å². The number of carbonyl (C=O) groups excluding carboxylic acids is 1. The maximum atomic E-state index is 12.6. The molecule has 0 radical (unpaired) electrons. The van der Waals surface area contributed by atoms with Crippen molar-refractivity contribution in [2.45, 2.75) is 33.6 Å². The van der Waals surface area contributed by atoms with Gasteiger partial charge in [0.1, 0.15) is 17.1 Å². The maximum absolute atomic E-state index is 12.6. The molecule has 29 heavy (non-hydrogen) atoms. The molecule has 0 atom stereocenters. The molecule has 0 aliphatic carbocycles. The molecule has 0 amide bonds. The summed E-state index contributed by atoms with van der Waals surface area (Å²) in [5.41, 5.74) is 2.19. The Morgan fingerprint density at radius 3 is 2.76 bits per heavy atom. The highest BCUT2D eigenvalue weighted by Gasteiger charge is 2.18. The Morgan fingerprint density at radius 2 is 2.03 bits per heavy atom. The zero-order valence-corrected chi connectivity index (χ0v) is 17.1. The van der Waals surface area contributed by atoms with Crippen molar-refractivity contribution >= 4 is 28.3 Å². The molecule has 0 fully saturated rings. The van der Waals surface area contributed by atoms with Crippen LogP contribution in [0, 0.1) is 13.8 Å². The van der Waals surface area contributed by atoms with Gasteiger partial charge in [0.15, 0.2) is 0 Å². The summed E-state index contributed by atoms with van der Waals surface area (Å²) in [6, 6.07) is 8.78. The molecule has 0 N–H and O–H groups in total. The quantitative estimate of drug-likeness (QED) is 0.267. The van der Waals surface area contributed by atoms with E-state index >= 15 is 0 Å². The van der Waals surface area contributed by atoms with E-state index in [9.17, 15) is 9.59 Å². The predicted octanol–water partition coefficient (Wildman–Crippen LogP) is 4.84. The standard InChI is InChI=1S/C22H19NO5S/c1-4-14-9-15-12(2)8-20(24)28-18(15)11-17(14)27-21(25)10-16-13(3)26-22(23-16)19-6-5-7-29-19/h5-9,11H,4,10H2,1-3H3. The first kappa shape index (κ1) is 19.1. The fourth-order valence-electron chi connectivity index (χ4n) is 3.16. The minimum Gasteiger partial charge on any atom is -0.440 e. The molecule has 1 aromatic carbocycles. The molecular weight excluding hydrogens is 390 g/mol. The molecule has 148 valence electrons. The summed E-state index contributed by atoms with van der Waals surface area (Å²) in [6.07, 6.45) is 0.655. The minimum absolute atomic E-state index is 0.0142. The van der Waals surface area contributed by atoms with E-state index in [4.69, 9.17) is 13.6 Å². The number of fused-ring (bicyclic) bond motifs is 1. The second-order valence-electron chi connectivity index (χ2n) is 6.71. The van der Waals surface area contributed by atoms with Crippen molar-refractivity contribution in [3.8, 4) is 16.5 Å². The molecule has 7 heteroatoms. The van der Waals surface area contributed by atoms with Crippen molar-refractivity contribution in [2.75, 3.05) is 0 Å². The molecule has 0 saturated carbocycles. The molecule has 3 heterocycles. The summed E-state index contributed by atoms with van der Waals surface area (Å²) in [4.78, 5) is 29.6. The monoisotopic (exact) mass is 409 g/mol. The molecule has 0 unspecified atom stereocenters. The smallest absolute Gasteiger partial charge is 0.336 e. The van der Waals surface area contributed by atoms with Crippen molar-refractivity contribution in [3.05, 3.63) is 68.7 Å². The second kappa shape index (κ2) is 7.67. The van der Waals surface area contributed by atoms with Gasteiger partial charge in [0.25, 0.3) is 0 Å². The van der Waals surface area contributed by atoms with Crippen LogP contribution >= 0.6 is 11.3 Å². The average Bonchev–Trinajstić information content (AvgIpc) is 3.31. The third kappa shape index (κ3) is 3.86. The number of nitrogens with zero attached hydrogens (tertiary/aromatic N) is 1. The number of benzene rings is 1. The van der Waals surface area contributed by atoms with Crippen LogP contribution in [0.15, 0.2) is 49.3 Å². The number of esters is 1. The highest BCUT2D eigenvalue weighted by Crippen LogP contribution is 2.29. The van der Waals surface area contributed by atoms with Crippen LogP contribution in [0.3, 0.4) is 0 Å². The van der Waals surface area contributed by atoms with Gasteiger partial charge in [-0.1, -0.05) is 13.0 Å². The van der Waals surface area contributed by atoms with Gasteiger partial charge in [-0.3, -0.25) is 4.79 Å². The summed E-state index contributed by atoms with van der Waals surface area (Å²) in [5, 5.41) is 2.77. The fraction of sp³-hybridized carbons (Fsp3) is 0.227. The van der Waals surface area contributed by atoms with E-state index in [1.54, 1.807) is 13.0 Å². The predicted molar refractivity (Wildman–Crippen MR) is 110 cm³/mol. The zero-order valence-electron chi connectivity index (χ0n) is 16.3. The van der Waals surface area contributed by atoms with Gasteiger partial charge < -0.3 is 13.6 Å². The fourth-order valence-corrected chi connectivity index (χ4v) is 3.80. The van der Waals surface area contributed by atoms with E-state index in [0.717, 1.165) is 21.4 Å². The van der Waals surface area contributed by atoms with Crippen molar-refractivity contribution in [1.29, 1.82) is 0 Å². The normalized spacial score (nSPS) is 11.1. The maximum Gasteiger partial charge on any atom is 0.336 e. The molecule has 6 nitrogen and oxygen atoms in total. The Bertz CT molecular complexity index is 1250. The Kier molecular flexibility index (Phi) is 5.07. The van der Waals surface area contributed by atoms with Crippen LogP contribution in [-0.2, 0) is 17.6 Å². The Labute approximate surface area is 170 Å². The van der Waals surface area contributed by atoms with E-state index in [1.165, 1.54) is 17.4 Å². The lowest BCUT2D eigenvalue weighted by Crippen LogP contribution is -2.13. The summed E-state index contributed by atoms with van der Waals surface area (Å²) >= 11 is 1.52. The van der Waals surface area contributed by atoms with Gasteiger partial charge in [-0.25, -0.2) is 9.78 Å². The first-order chi connectivity index (χ1) is 13.9. The number of hydrogen-bond donors (Lipinski definition) is 0. The average molecular weight is 409 g/mol. The lowest BCUT2D eigenvalue weighted by molar-refractivity contribution is -0.133. The number of aromatic nitrogens is 1. The highest BCUT2D eigenvalue weighted by molar-refractivity contribution is 7.13. The van der Waals surface area contributed by atoms with Crippen LogP contribution in [-0.4, -0.2) is 11.0 Å². The summed E-state index contributed by atoms with van der Waals surface area (Å²) in [6.45, 7) is 5.60. The van der Waals surface area contributed by atoms with Gasteiger partial charge >= 0.3 is 11.6 Å². The number of hydrogen-bond acceptors (Lipinski definition) is 7. The first-order valence-corrected chi connectivity index (χ1v) is 10.1. The molecule has 3 aromatic heterocycles. The van der Waals surface area contributed by atoms with Gasteiger partial charge in [0.2, 0.25) is 5.89 Å². The van der Waals surface area contributed by atoms with E-state index in [-0.39, 0.29) is 6.42 Å². The SMILES string of the molecule is CCc1cc2c(C)cc(=O)oc2cc1OC(=O)Cc1nc(-c2cccs2)oc1C. The van der Waals surface area contributed by atoms with Gasteiger partial charge in [0.05, 0.1) is 17.0 Å². The number of oxazole rings is 1. The Hall–Kier alpha value is -3.19. The van der Waals surface area contributed by atoms with E-state index in [2.05, 4.69) is 4.98 Å². The van der Waals surface area contributed by atoms with Crippen molar-refractivity contribution in [3.63, 3.8) is 0 Å². The van der Waals surface area contributed by atoms with Crippen molar-refractivity contribution < 1.29 is 18.4 Å². The molecule has 0 aliphatic heterocycles. The molecule has 4 aromatic rings. The van der Waals surface area contributed by atoms with Gasteiger partial charge in [0, 0.05) is 17.5 Å². The number of carbonyl (C=O) groups is 1. The second-order valence-corrected chi connectivity index (χ2v) is 7.66. The van der Waals surface area contributed by atoms with Crippen LogP contribution in [0.2, 0.25) is 0 Å². The summed E-state index contributed by atoms with van der Waals surface area (Å²) < 4.78 is 16.6. The zero-order chi connectivity index (χ0) is 20.5. The third-order valence-electron chi connectivity index (χ3n) is 4.67. The van der Waals surface area contributed by atoms with Gasteiger partial charge in [-0.05, 0) is 48.9 Å². The van der Waals surface area contributed by atoms with E-state index in [0.29, 0.717) is 35.1 Å². The molecule has 0 aliphatic rings. The lowest BCUT2D eigenvalue weighted by Gasteiger charge is -2.11. The Balaban J connectivity index is 1.60. The third-order valence-corrected chi connectivity index (χ3v) is 5.53. The molecule has 4 rings (SSSR count). The lowest BCUT2D eigenvalue weighted by atomic mass is 10.1. The van der Waals surface area contributed by atoms with Crippen LogP contribution in [0.1, 0.15) is 29.5 Å². The Morgan fingerprint density at radius 1 is 1.21 bits per heavy atom. The molecule has 0 bridgehead atoms. The number of rotatable bonds is 5. The van der Waals surface area contributed by atoms with E-state index in [1.807, 2.05) is 37.4 Å². The van der Waals surface area contributed by atoms with Crippen molar-refractivity contribution in [2.24, 2.45) is 0 Å². The summed E-state index contributed by atoms with van der Waals surface area (Å²) in [7, 11) is 0. The van der Waals surface area contributed by atoms with Gasteiger partial charge in [-0.2, -0.15) is 0 Å². The van der Waals surface area contributed by atoms with Crippen molar-refractivity contribution in [1.82, 2.24) is 4.98 Å².